The average molecular weight is 259 g/mol. The molecule has 1 aromatic carbocycles. The molecule has 0 radical (unpaired) electrons. The third-order valence-electron chi connectivity index (χ3n) is 2.10. The molecule has 1 aliphatic heterocycles. The zero-order chi connectivity index (χ0) is 11.7. The SMILES string of the molecule is CC1=NNC(=O)[C@@H]1Oc1ccc(Cl)cc1Cl. The van der Waals surface area contributed by atoms with Crippen molar-refractivity contribution in [2.75, 3.05) is 0 Å². The number of halogens is 2. The maximum absolute atomic E-state index is 11.3. The number of benzene rings is 1. The van der Waals surface area contributed by atoms with E-state index in [4.69, 9.17) is 27.9 Å². The fourth-order valence-electron chi connectivity index (χ4n) is 1.29. The summed E-state index contributed by atoms with van der Waals surface area (Å²) in [6, 6.07) is 4.81. The van der Waals surface area contributed by atoms with Gasteiger partial charge in [-0.05, 0) is 25.1 Å². The highest BCUT2D eigenvalue weighted by molar-refractivity contribution is 6.35. The van der Waals surface area contributed by atoms with Gasteiger partial charge in [0, 0.05) is 5.02 Å². The van der Waals surface area contributed by atoms with E-state index in [9.17, 15) is 4.79 Å². The maximum atomic E-state index is 11.3. The highest BCUT2D eigenvalue weighted by atomic mass is 35.5. The lowest BCUT2D eigenvalue weighted by molar-refractivity contribution is -0.124. The van der Waals surface area contributed by atoms with E-state index < -0.39 is 6.10 Å². The number of ether oxygens (including phenoxy) is 1. The van der Waals surface area contributed by atoms with Gasteiger partial charge < -0.3 is 4.74 Å². The van der Waals surface area contributed by atoms with Crippen LogP contribution in [0.25, 0.3) is 0 Å². The van der Waals surface area contributed by atoms with Crippen LogP contribution < -0.4 is 10.2 Å². The third-order valence-corrected chi connectivity index (χ3v) is 2.63. The van der Waals surface area contributed by atoms with E-state index in [1.165, 1.54) is 0 Å². The molecule has 84 valence electrons. The number of carbonyl (C=O) groups is 1. The van der Waals surface area contributed by atoms with Gasteiger partial charge in [-0.15, -0.1) is 0 Å². The van der Waals surface area contributed by atoms with Crippen molar-refractivity contribution < 1.29 is 9.53 Å². The zero-order valence-electron chi connectivity index (χ0n) is 8.33. The number of nitrogens with one attached hydrogen (secondary N) is 1. The van der Waals surface area contributed by atoms with Crippen LogP contribution in [-0.4, -0.2) is 17.7 Å². The molecule has 6 heteroatoms. The van der Waals surface area contributed by atoms with Crippen molar-refractivity contribution >= 4 is 34.8 Å². The highest BCUT2D eigenvalue weighted by Gasteiger charge is 2.29. The van der Waals surface area contributed by atoms with E-state index in [0.717, 1.165) is 0 Å². The number of nitrogens with zero attached hydrogens (tertiary/aromatic N) is 1. The van der Waals surface area contributed by atoms with Crippen molar-refractivity contribution in [3.63, 3.8) is 0 Å². The van der Waals surface area contributed by atoms with Crippen LogP contribution in [0, 0.1) is 0 Å². The van der Waals surface area contributed by atoms with Crippen LogP contribution in [0.3, 0.4) is 0 Å². The van der Waals surface area contributed by atoms with Crippen molar-refractivity contribution in [2.45, 2.75) is 13.0 Å². The normalized spacial score (nSPS) is 19.3. The van der Waals surface area contributed by atoms with Crippen LogP contribution >= 0.6 is 23.2 Å². The minimum Gasteiger partial charge on any atom is -0.473 e. The van der Waals surface area contributed by atoms with Crippen LogP contribution in [0.4, 0.5) is 0 Å². The topological polar surface area (TPSA) is 50.7 Å². The molecule has 4 nitrogen and oxygen atoms in total. The Labute approximate surface area is 102 Å². The van der Waals surface area contributed by atoms with Gasteiger partial charge in [0.2, 0.25) is 6.10 Å². The summed E-state index contributed by atoms with van der Waals surface area (Å²) in [6.07, 6.45) is -0.723. The van der Waals surface area contributed by atoms with E-state index in [1.807, 2.05) is 0 Å². The van der Waals surface area contributed by atoms with E-state index in [-0.39, 0.29) is 5.91 Å². The largest absolute Gasteiger partial charge is 0.473 e. The minimum absolute atomic E-state index is 0.302. The molecular formula is C10H8Cl2N2O2. The molecule has 1 heterocycles. The summed E-state index contributed by atoms with van der Waals surface area (Å²) in [5.74, 6) is 0.103. The molecule has 0 saturated heterocycles. The Balaban J connectivity index is 2.21. The van der Waals surface area contributed by atoms with Gasteiger partial charge >= 0.3 is 0 Å². The molecule has 1 atom stereocenters. The second-order valence-corrected chi connectivity index (χ2v) is 4.15. The van der Waals surface area contributed by atoms with Crippen LogP contribution in [0.5, 0.6) is 5.75 Å². The van der Waals surface area contributed by atoms with Crippen molar-refractivity contribution in [2.24, 2.45) is 5.10 Å². The summed E-state index contributed by atoms with van der Waals surface area (Å²) < 4.78 is 5.45. The van der Waals surface area contributed by atoms with E-state index in [1.54, 1.807) is 25.1 Å². The smallest absolute Gasteiger partial charge is 0.287 e. The number of rotatable bonds is 2. The highest BCUT2D eigenvalue weighted by Crippen LogP contribution is 2.28. The summed E-state index contributed by atoms with van der Waals surface area (Å²) in [5.41, 5.74) is 2.89. The predicted molar refractivity (Wildman–Crippen MR) is 62.1 cm³/mol. The predicted octanol–water partition coefficient (Wildman–Crippen LogP) is 2.25. The van der Waals surface area contributed by atoms with Gasteiger partial charge in [0.15, 0.2) is 0 Å². The molecule has 0 fully saturated rings. The van der Waals surface area contributed by atoms with Crippen LogP contribution in [0.2, 0.25) is 10.0 Å². The first-order valence-corrected chi connectivity index (χ1v) is 5.29. The van der Waals surface area contributed by atoms with Gasteiger partial charge in [-0.2, -0.15) is 5.10 Å². The van der Waals surface area contributed by atoms with Crippen molar-refractivity contribution in [3.8, 4) is 5.75 Å². The van der Waals surface area contributed by atoms with Gasteiger partial charge in [-0.25, -0.2) is 5.43 Å². The Morgan fingerprint density at radius 3 is 2.75 bits per heavy atom. The molecule has 0 aromatic heterocycles. The van der Waals surface area contributed by atoms with E-state index >= 15 is 0 Å². The molecule has 0 saturated carbocycles. The zero-order valence-corrected chi connectivity index (χ0v) is 9.84. The number of hydrogen-bond acceptors (Lipinski definition) is 3. The number of hydrogen-bond donors (Lipinski definition) is 1. The van der Waals surface area contributed by atoms with Gasteiger partial charge in [0.05, 0.1) is 10.7 Å². The summed E-state index contributed by atoms with van der Waals surface area (Å²) in [4.78, 5) is 11.3. The molecule has 1 amide bonds. The number of amides is 1. The molecule has 0 spiro atoms. The molecule has 0 unspecified atom stereocenters. The first-order valence-electron chi connectivity index (χ1n) is 4.53. The monoisotopic (exact) mass is 258 g/mol. The van der Waals surface area contributed by atoms with Crippen molar-refractivity contribution in [1.82, 2.24) is 5.43 Å². The standard InChI is InChI=1S/C10H8Cl2N2O2/c1-5-9(10(15)14-13-5)16-8-3-2-6(11)4-7(8)12/h2-4,9H,1H3,(H,14,15)/t9-/m1/s1. The molecule has 0 bridgehead atoms. The fraction of sp³-hybridized carbons (Fsp3) is 0.200. The first-order chi connectivity index (χ1) is 7.58. The number of carbonyl (C=O) groups excluding carboxylic acids is 1. The van der Waals surface area contributed by atoms with Crippen LogP contribution in [0.15, 0.2) is 23.3 Å². The van der Waals surface area contributed by atoms with Gasteiger partial charge in [-0.3, -0.25) is 4.79 Å². The summed E-state index contributed by atoms with van der Waals surface area (Å²) >= 11 is 11.7. The van der Waals surface area contributed by atoms with Gasteiger partial charge in [0.25, 0.3) is 5.91 Å². The van der Waals surface area contributed by atoms with E-state index in [0.29, 0.717) is 21.5 Å². The minimum atomic E-state index is -0.723. The quantitative estimate of drug-likeness (QED) is 0.885. The van der Waals surface area contributed by atoms with Crippen molar-refractivity contribution in [3.05, 3.63) is 28.2 Å². The Kier molecular flexibility index (Phi) is 3.03. The van der Waals surface area contributed by atoms with Gasteiger partial charge in [-0.1, -0.05) is 23.2 Å². The summed E-state index contributed by atoms with van der Waals surface area (Å²) in [6.45, 7) is 1.70. The Bertz CT molecular complexity index is 474. The molecule has 1 aromatic rings. The lowest BCUT2D eigenvalue weighted by Crippen LogP contribution is -2.33. The molecule has 2 rings (SSSR count). The first kappa shape index (κ1) is 11.2. The summed E-state index contributed by atoms with van der Waals surface area (Å²) in [7, 11) is 0. The molecule has 1 aliphatic rings. The fourth-order valence-corrected chi connectivity index (χ4v) is 1.74. The maximum Gasteiger partial charge on any atom is 0.287 e. The Morgan fingerprint density at radius 2 is 2.19 bits per heavy atom. The molecule has 0 aliphatic carbocycles. The Hall–Kier alpha value is -1.26. The molecule has 1 N–H and O–H groups in total. The molecular weight excluding hydrogens is 251 g/mol. The summed E-state index contributed by atoms with van der Waals surface area (Å²) in [5, 5.41) is 4.64. The van der Waals surface area contributed by atoms with Gasteiger partial charge in [0.1, 0.15) is 5.75 Å². The second kappa shape index (κ2) is 4.31. The average Bonchev–Trinajstić information content (AvgIpc) is 2.53. The third kappa shape index (κ3) is 2.13. The van der Waals surface area contributed by atoms with Crippen LogP contribution in [0.1, 0.15) is 6.92 Å². The van der Waals surface area contributed by atoms with Crippen molar-refractivity contribution in [1.29, 1.82) is 0 Å². The van der Waals surface area contributed by atoms with Crippen LogP contribution in [-0.2, 0) is 4.79 Å². The lowest BCUT2D eigenvalue weighted by atomic mass is 10.2. The Morgan fingerprint density at radius 1 is 1.44 bits per heavy atom. The lowest BCUT2D eigenvalue weighted by Gasteiger charge is -2.12. The second-order valence-electron chi connectivity index (χ2n) is 3.30. The molecule has 16 heavy (non-hydrogen) atoms. The van der Waals surface area contributed by atoms with E-state index in [2.05, 4.69) is 10.5 Å². The number of hydrazone groups is 1.